The first-order valence-electron chi connectivity index (χ1n) is 5.78. The Kier molecular flexibility index (Phi) is 4.34. The zero-order chi connectivity index (χ0) is 14.0. The van der Waals surface area contributed by atoms with Crippen molar-refractivity contribution in [3.63, 3.8) is 0 Å². The average molecular weight is 299 g/mol. The van der Waals surface area contributed by atoms with Gasteiger partial charge in [0.05, 0.1) is 5.25 Å². The van der Waals surface area contributed by atoms with Crippen LogP contribution in [0.2, 0.25) is 5.02 Å². The van der Waals surface area contributed by atoms with Crippen LogP contribution in [0.5, 0.6) is 0 Å². The van der Waals surface area contributed by atoms with Gasteiger partial charge in [-0.3, -0.25) is 4.57 Å². The molecule has 2 atom stereocenters. The smallest absolute Gasteiger partial charge is 0.327 e. The lowest BCUT2D eigenvalue weighted by atomic mass is 10.1. The van der Waals surface area contributed by atoms with Gasteiger partial charge in [-0.2, -0.15) is 0 Å². The fraction of sp³-hybridized carbons (Fsp3) is 0.333. The summed E-state index contributed by atoms with van der Waals surface area (Å²) in [6, 6.07) is 7.45. The third kappa shape index (κ3) is 3.20. The van der Waals surface area contributed by atoms with E-state index in [2.05, 4.69) is 10.2 Å². The van der Waals surface area contributed by atoms with Crippen molar-refractivity contribution in [1.82, 2.24) is 14.8 Å². The number of aromatic amines is 1. The second kappa shape index (κ2) is 5.81. The number of H-pyrrole nitrogens is 1. The van der Waals surface area contributed by atoms with Crippen molar-refractivity contribution in [3.8, 4) is 0 Å². The van der Waals surface area contributed by atoms with Gasteiger partial charge >= 0.3 is 5.69 Å². The Labute approximate surface area is 120 Å². The summed E-state index contributed by atoms with van der Waals surface area (Å²) in [4.78, 5) is 11.4. The normalized spacial score (nSPS) is 14.3. The fourth-order valence-corrected chi connectivity index (χ4v) is 2.98. The summed E-state index contributed by atoms with van der Waals surface area (Å²) in [5.74, 6) is 0. The van der Waals surface area contributed by atoms with Crippen molar-refractivity contribution in [2.24, 2.45) is 12.8 Å². The quantitative estimate of drug-likeness (QED) is 0.846. The van der Waals surface area contributed by atoms with E-state index in [9.17, 15) is 4.79 Å². The fourth-order valence-electron chi connectivity index (χ4n) is 1.71. The number of hydrogen-bond acceptors (Lipinski definition) is 4. The van der Waals surface area contributed by atoms with Crippen LogP contribution in [0.1, 0.15) is 17.7 Å². The highest BCUT2D eigenvalue weighted by atomic mass is 35.5. The van der Waals surface area contributed by atoms with Crippen LogP contribution in [0.4, 0.5) is 0 Å². The molecular weight excluding hydrogens is 284 g/mol. The minimum absolute atomic E-state index is 0.0207. The number of nitrogens with two attached hydrogens (primary N) is 1. The molecular formula is C12H15ClN4OS. The lowest BCUT2D eigenvalue weighted by Gasteiger charge is -2.20. The van der Waals surface area contributed by atoms with Crippen LogP contribution in [-0.2, 0) is 7.05 Å². The summed E-state index contributed by atoms with van der Waals surface area (Å²) >= 11 is 7.45. The third-order valence-electron chi connectivity index (χ3n) is 2.73. The summed E-state index contributed by atoms with van der Waals surface area (Å²) in [5, 5.41) is 7.65. The molecule has 19 heavy (non-hydrogen) atoms. The molecule has 2 rings (SSSR count). The summed E-state index contributed by atoms with van der Waals surface area (Å²) < 4.78 is 1.46. The molecule has 1 aromatic heterocycles. The number of nitrogens with one attached hydrogen (secondary N) is 1. The molecule has 5 nitrogen and oxygen atoms in total. The van der Waals surface area contributed by atoms with E-state index in [1.807, 2.05) is 31.2 Å². The van der Waals surface area contributed by atoms with Crippen LogP contribution in [0.15, 0.2) is 34.2 Å². The van der Waals surface area contributed by atoms with Crippen molar-refractivity contribution >= 4 is 23.4 Å². The number of rotatable bonds is 4. The Morgan fingerprint density at radius 3 is 2.79 bits per heavy atom. The van der Waals surface area contributed by atoms with Crippen molar-refractivity contribution in [1.29, 1.82) is 0 Å². The summed E-state index contributed by atoms with van der Waals surface area (Å²) in [6.45, 7) is 1.92. The Bertz CT molecular complexity index is 622. The molecule has 1 heterocycles. The van der Waals surface area contributed by atoms with Gasteiger partial charge in [0.25, 0.3) is 0 Å². The Balaban J connectivity index is 2.31. The molecule has 0 saturated carbocycles. The first-order valence-corrected chi connectivity index (χ1v) is 7.04. The highest BCUT2D eigenvalue weighted by molar-refractivity contribution is 7.99. The van der Waals surface area contributed by atoms with E-state index >= 15 is 0 Å². The lowest BCUT2D eigenvalue weighted by molar-refractivity contribution is 0.706. The topological polar surface area (TPSA) is 76.7 Å². The molecule has 0 aliphatic rings. The monoisotopic (exact) mass is 298 g/mol. The Morgan fingerprint density at radius 1 is 1.53 bits per heavy atom. The zero-order valence-electron chi connectivity index (χ0n) is 10.6. The van der Waals surface area contributed by atoms with Crippen LogP contribution >= 0.6 is 23.4 Å². The van der Waals surface area contributed by atoms with Gasteiger partial charge in [0, 0.05) is 18.1 Å². The van der Waals surface area contributed by atoms with Gasteiger partial charge in [-0.15, -0.1) is 5.10 Å². The van der Waals surface area contributed by atoms with Crippen molar-refractivity contribution in [3.05, 3.63) is 45.3 Å². The maximum Gasteiger partial charge on any atom is 0.343 e. The van der Waals surface area contributed by atoms with Crippen LogP contribution in [-0.4, -0.2) is 20.8 Å². The van der Waals surface area contributed by atoms with Crippen molar-refractivity contribution in [2.45, 2.75) is 23.4 Å². The molecule has 0 aliphatic carbocycles. The molecule has 2 unspecified atom stereocenters. The lowest BCUT2D eigenvalue weighted by Crippen LogP contribution is -2.23. The van der Waals surface area contributed by atoms with Crippen LogP contribution in [0.25, 0.3) is 0 Å². The van der Waals surface area contributed by atoms with E-state index in [4.69, 9.17) is 17.3 Å². The molecule has 0 spiro atoms. The number of hydrogen-bond donors (Lipinski definition) is 2. The van der Waals surface area contributed by atoms with E-state index in [1.54, 1.807) is 7.05 Å². The number of halogens is 1. The number of thioether (sulfide) groups is 1. The number of benzene rings is 1. The summed E-state index contributed by atoms with van der Waals surface area (Å²) in [5.41, 5.74) is 6.81. The highest BCUT2D eigenvalue weighted by Crippen LogP contribution is 2.36. The van der Waals surface area contributed by atoms with Crippen LogP contribution in [0.3, 0.4) is 0 Å². The first-order chi connectivity index (χ1) is 8.99. The van der Waals surface area contributed by atoms with Gasteiger partial charge in [0.1, 0.15) is 0 Å². The molecule has 0 fully saturated rings. The molecule has 2 aromatic rings. The molecule has 0 saturated heterocycles. The van der Waals surface area contributed by atoms with Gasteiger partial charge in [-0.1, -0.05) is 35.5 Å². The number of aromatic nitrogens is 3. The van der Waals surface area contributed by atoms with E-state index in [0.29, 0.717) is 10.2 Å². The Morgan fingerprint density at radius 2 is 2.26 bits per heavy atom. The summed E-state index contributed by atoms with van der Waals surface area (Å²) in [7, 11) is 1.67. The predicted molar refractivity (Wildman–Crippen MR) is 77.5 cm³/mol. The van der Waals surface area contributed by atoms with Gasteiger partial charge in [-0.05, 0) is 24.6 Å². The molecule has 3 N–H and O–H groups in total. The van der Waals surface area contributed by atoms with E-state index < -0.39 is 0 Å². The van der Waals surface area contributed by atoms with Crippen molar-refractivity contribution in [2.75, 3.05) is 0 Å². The maximum absolute atomic E-state index is 11.4. The van der Waals surface area contributed by atoms with E-state index in [-0.39, 0.29) is 17.0 Å². The van der Waals surface area contributed by atoms with Gasteiger partial charge < -0.3 is 5.73 Å². The predicted octanol–water partition coefficient (Wildman–Crippen LogP) is 1.94. The van der Waals surface area contributed by atoms with Crippen LogP contribution < -0.4 is 11.4 Å². The molecule has 0 amide bonds. The average Bonchev–Trinajstić information content (AvgIpc) is 2.67. The second-order valence-electron chi connectivity index (χ2n) is 4.32. The summed E-state index contributed by atoms with van der Waals surface area (Å²) in [6.07, 6.45) is 0. The maximum atomic E-state index is 11.4. The van der Waals surface area contributed by atoms with Gasteiger partial charge in [-0.25, -0.2) is 9.89 Å². The molecule has 0 aliphatic heterocycles. The number of nitrogens with zero attached hydrogens (tertiary/aromatic N) is 2. The second-order valence-corrected chi connectivity index (χ2v) is 5.87. The molecule has 7 heteroatoms. The van der Waals surface area contributed by atoms with Gasteiger partial charge in [0.15, 0.2) is 5.16 Å². The van der Waals surface area contributed by atoms with Gasteiger partial charge in [0.2, 0.25) is 0 Å². The minimum Gasteiger partial charge on any atom is -0.327 e. The molecule has 0 bridgehead atoms. The SMILES string of the molecule is CC(N)C(Sc1n[nH]c(=O)n1C)c1cccc(Cl)c1. The largest absolute Gasteiger partial charge is 0.343 e. The standard InChI is InChI=1S/C12H15ClN4OS/c1-7(14)10(8-4-3-5-9(13)6-8)19-12-16-15-11(18)17(12)2/h3-7,10H,14H2,1-2H3,(H,15,18). The van der Waals surface area contributed by atoms with E-state index in [1.165, 1.54) is 16.3 Å². The minimum atomic E-state index is -0.239. The molecule has 102 valence electrons. The Hall–Kier alpha value is -1.24. The third-order valence-corrected chi connectivity index (χ3v) is 4.49. The molecule has 0 radical (unpaired) electrons. The first kappa shape index (κ1) is 14.2. The van der Waals surface area contributed by atoms with Crippen LogP contribution in [0, 0.1) is 0 Å². The molecule has 1 aromatic carbocycles. The zero-order valence-corrected chi connectivity index (χ0v) is 12.2. The highest BCUT2D eigenvalue weighted by Gasteiger charge is 2.21. The van der Waals surface area contributed by atoms with E-state index in [0.717, 1.165) is 5.56 Å². The van der Waals surface area contributed by atoms with Crippen molar-refractivity contribution < 1.29 is 0 Å².